The molecule has 0 heterocycles. The average Bonchev–Trinajstić information content (AvgIpc) is 2.30. The summed E-state index contributed by atoms with van der Waals surface area (Å²) in [5.74, 6) is 0.266. The number of aryl methyl sites for hydroxylation is 1. The fraction of sp³-hybridized carbons (Fsp3) is 0.538. The summed E-state index contributed by atoms with van der Waals surface area (Å²) in [6.45, 7) is 2.26. The number of hydrogen-bond donors (Lipinski definition) is 1. The smallest absolute Gasteiger partial charge is 0.243 e. The molecule has 0 aromatic heterocycles. The Bertz CT molecular complexity index is 567. The Morgan fingerprint density at radius 2 is 2.05 bits per heavy atom. The van der Waals surface area contributed by atoms with E-state index >= 15 is 0 Å². The van der Waals surface area contributed by atoms with Gasteiger partial charge in [0.25, 0.3) is 0 Å². The Hall–Kier alpha value is -0.430. The molecule has 0 radical (unpaired) electrons. The molecular weight excluding hydrogens is 330 g/mol. The number of benzene rings is 1. The number of aliphatic hydroxyl groups is 1. The summed E-state index contributed by atoms with van der Waals surface area (Å²) in [7, 11) is -1.86. The molecule has 1 saturated carbocycles. The molecule has 19 heavy (non-hydrogen) atoms. The minimum absolute atomic E-state index is 0.256. The standard InChI is InChI=1S/C13H18BrNO3S/c1-9-3-4-11(14)7-13(9)19(17,18)15(2)8-10-5-12(16)6-10/h3-4,7,10,12,16H,5-6,8H2,1-2H3. The first-order valence-corrected chi connectivity index (χ1v) is 8.44. The van der Waals surface area contributed by atoms with Crippen molar-refractivity contribution in [2.24, 2.45) is 5.92 Å². The summed E-state index contributed by atoms with van der Waals surface area (Å²) in [6.07, 6.45) is 1.13. The molecule has 0 unspecified atom stereocenters. The first-order chi connectivity index (χ1) is 8.80. The van der Waals surface area contributed by atoms with E-state index in [9.17, 15) is 13.5 Å². The molecule has 0 amide bonds. The second kappa shape index (κ2) is 5.52. The quantitative estimate of drug-likeness (QED) is 0.907. The zero-order chi connectivity index (χ0) is 14.2. The Labute approximate surface area is 122 Å². The Kier molecular flexibility index (Phi) is 4.35. The minimum atomic E-state index is -3.46. The fourth-order valence-electron chi connectivity index (χ4n) is 2.33. The largest absolute Gasteiger partial charge is 0.393 e. The van der Waals surface area contributed by atoms with Gasteiger partial charge < -0.3 is 5.11 Å². The van der Waals surface area contributed by atoms with E-state index in [0.29, 0.717) is 24.3 Å². The van der Waals surface area contributed by atoms with Gasteiger partial charge in [0.2, 0.25) is 10.0 Å². The summed E-state index contributed by atoms with van der Waals surface area (Å²) >= 11 is 3.31. The highest BCUT2D eigenvalue weighted by Crippen LogP contribution is 2.30. The van der Waals surface area contributed by atoms with Crippen LogP contribution in [-0.4, -0.2) is 37.5 Å². The number of sulfonamides is 1. The van der Waals surface area contributed by atoms with Crippen molar-refractivity contribution in [2.45, 2.75) is 30.8 Å². The van der Waals surface area contributed by atoms with Crippen molar-refractivity contribution in [1.82, 2.24) is 4.31 Å². The van der Waals surface area contributed by atoms with Gasteiger partial charge in [-0.15, -0.1) is 0 Å². The minimum Gasteiger partial charge on any atom is -0.393 e. The van der Waals surface area contributed by atoms with Crippen LogP contribution in [0.15, 0.2) is 27.6 Å². The molecular formula is C13H18BrNO3S. The predicted molar refractivity (Wildman–Crippen MR) is 77.4 cm³/mol. The summed E-state index contributed by atoms with van der Waals surface area (Å²) in [4.78, 5) is 0.337. The SMILES string of the molecule is Cc1ccc(Br)cc1S(=O)(=O)N(C)CC1CC(O)C1. The Balaban J connectivity index is 2.19. The second-order valence-corrected chi connectivity index (χ2v) is 8.12. The first kappa shape index (κ1) is 15.0. The van der Waals surface area contributed by atoms with E-state index in [-0.39, 0.29) is 12.0 Å². The van der Waals surface area contributed by atoms with Gasteiger partial charge in [-0.1, -0.05) is 22.0 Å². The zero-order valence-electron chi connectivity index (χ0n) is 11.0. The van der Waals surface area contributed by atoms with Crippen LogP contribution in [0.4, 0.5) is 0 Å². The zero-order valence-corrected chi connectivity index (χ0v) is 13.4. The third kappa shape index (κ3) is 3.18. The summed E-state index contributed by atoms with van der Waals surface area (Å²) < 4.78 is 27.2. The molecule has 2 rings (SSSR count). The van der Waals surface area contributed by atoms with Crippen molar-refractivity contribution in [3.8, 4) is 0 Å². The Morgan fingerprint density at radius 3 is 2.63 bits per heavy atom. The van der Waals surface area contributed by atoms with Gasteiger partial charge >= 0.3 is 0 Å². The molecule has 0 atom stereocenters. The maximum absolute atomic E-state index is 12.5. The van der Waals surface area contributed by atoms with E-state index < -0.39 is 10.0 Å². The van der Waals surface area contributed by atoms with E-state index in [1.807, 2.05) is 6.07 Å². The molecule has 106 valence electrons. The van der Waals surface area contributed by atoms with E-state index in [4.69, 9.17) is 0 Å². The first-order valence-electron chi connectivity index (χ1n) is 6.21. The van der Waals surface area contributed by atoms with Gasteiger partial charge in [0.15, 0.2) is 0 Å². The monoisotopic (exact) mass is 347 g/mol. The van der Waals surface area contributed by atoms with Crippen molar-refractivity contribution in [3.05, 3.63) is 28.2 Å². The van der Waals surface area contributed by atoms with Crippen molar-refractivity contribution in [3.63, 3.8) is 0 Å². The molecule has 0 saturated heterocycles. The van der Waals surface area contributed by atoms with Crippen LogP contribution in [0.1, 0.15) is 18.4 Å². The molecule has 4 nitrogen and oxygen atoms in total. The number of rotatable bonds is 4. The van der Waals surface area contributed by atoms with Crippen molar-refractivity contribution >= 4 is 26.0 Å². The molecule has 1 aliphatic rings. The van der Waals surface area contributed by atoms with Crippen LogP contribution in [0.5, 0.6) is 0 Å². The lowest BCUT2D eigenvalue weighted by atomic mass is 9.82. The molecule has 6 heteroatoms. The molecule has 0 aliphatic heterocycles. The van der Waals surface area contributed by atoms with Gasteiger partial charge in [0.05, 0.1) is 11.0 Å². The van der Waals surface area contributed by atoms with Gasteiger partial charge in [-0.05, 0) is 43.4 Å². The van der Waals surface area contributed by atoms with Crippen LogP contribution >= 0.6 is 15.9 Å². The fourth-order valence-corrected chi connectivity index (χ4v) is 4.34. The summed E-state index contributed by atoms with van der Waals surface area (Å²) in [5.41, 5.74) is 0.740. The van der Waals surface area contributed by atoms with Crippen LogP contribution < -0.4 is 0 Å². The lowest BCUT2D eigenvalue weighted by molar-refractivity contribution is 0.0367. The van der Waals surface area contributed by atoms with E-state index in [0.717, 1.165) is 10.0 Å². The second-order valence-electron chi connectivity index (χ2n) is 5.19. The summed E-state index contributed by atoms with van der Waals surface area (Å²) in [5, 5.41) is 9.26. The number of nitrogens with zero attached hydrogens (tertiary/aromatic N) is 1. The van der Waals surface area contributed by atoms with E-state index in [2.05, 4.69) is 15.9 Å². The third-order valence-electron chi connectivity index (χ3n) is 3.56. The van der Waals surface area contributed by atoms with Crippen molar-refractivity contribution in [1.29, 1.82) is 0 Å². The molecule has 0 bridgehead atoms. The van der Waals surface area contributed by atoms with Crippen molar-refractivity contribution < 1.29 is 13.5 Å². The summed E-state index contributed by atoms with van der Waals surface area (Å²) in [6, 6.07) is 5.26. The van der Waals surface area contributed by atoms with Crippen LogP contribution in [0.3, 0.4) is 0 Å². The van der Waals surface area contributed by atoms with Gasteiger partial charge in [0.1, 0.15) is 0 Å². The van der Waals surface area contributed by atoms with Crippen LogP contribution in [0.2, 0.25) is 0 Å². The predicted octanol–water partition coefficient (Wildman–Crippen LogP) is 2.15. The normalized spacial score (nSPS) is 23.4. The number of halogens is 1. The van der Waals surface area contributed by atoms with Crippen LogP contribution in [0, 0.1) is 12.8 Å². The molecule has 1 aromatic carbocycles. The molecule has 0 spiro atoms. The maximum Gasteiger partial charge on any atom is 0.243 e. The molecule has 1 aliphatic carbocycles. The van der Waals surface area contributed by atoms with E-state index in [1.165, 1.54) is 4.31 Å². The number of aliphatic hydroxyl groups excluding tert-OH is 1. The van der Waals surface area contributed by atoms with Gasteiger partial charge in [0, 0.05) is 18.1 Å². The van der Waals surface area contributed by atoms with Gasteiger partial charge in [-0.25, -0.2) is 12.7 Å². The highest BCUT2D eigenvalue weighted by Gasteiger charge is 2.32. The van der Waals surface area contributed by atoms with E-state index in [1.54, 1.807) is 26.1 Å². The van der Waals surface area contributed by atoms with Crippen LogP contribution in [0.25, 0.3) is 0 Å². The maximum atomic E-state index is 12.5. The topological polar surface area (TPSA) is 57.6 Å². The highest BCUT2D eigenvalue weighted by molar-refractivity contribution is 9.10. The van der Waals surface area contributed by atoms with Crippen LogP contribution in [-0.2, 0) is 10.0 Å². The highest BCUT2D eigenvalue weighted by atomic mass is 79.9. The number of hydrogen-bond acceptors (Lipinski definition) is 3. The average molecular weight is 348 g/mol. The third-order valence-corrected chi connectivity index (χ3v) is 6.02. The van der Waals surface area contributed by atoms with Crippen molar-refractivity contribution in [2.75, 3.05) is 13.6 Å². The van der Waals surface area contributed by atoms with Gasteiger partial charge in [-0.2, -0.15) is 0 Å². The lowest BCUT2D eigenvalue weighted by Crippen LogP contribution is -2.39. The molecule has 1 fully saturated rings. The van der Waals surface area contributed by atoms with Gasteiger partial charge in [-0.3, -0.25) is 0 Å². The molecule has 1 aromatic rings. The Morgan fingerprint density at radius 1 is 1.42 bits per heavy atom. The lowest BCUT2D eigenvalue weighted by Gasteiger charge is -2.34. The molecule has 1 N–H and O–H groups in total.